The molecule has 0 aliphatic heterocycles. The first-order valence-corrected chi connectivity index (χ1v) is 4.56. The molecule has 0 saturated carbocycles. The summed E-state index contributed by atoms with van der Waals surface area (Å²) >= 11 is 0. The molecule has 1 aromatic carbocycles. The largest absolute Gasteiger partial charge is 0.496 e. The second-order valence-electron chi connectivity index (χ2n) is 3.29. The van der Waals surface area contributed by atoms with Crippen LogP contribution in [0.1, 0.15) is 11.7 Å². The number of nitrogens with two attached hydrogens (primary N) is 2. The minimum Gasteiger partial charge on any atom is -0.496 e. The van der Waals surface area contributed by atoms with Gasteiger partial charge in [-0.2, -0.15) is 0 Å². The quantitative estimate of drug-likeness (QED) is 0.499. The summed E-state index contributed by atoms with van der Waals surface area (Å²) in [6.45, 7) is 0. The van der Waals surface area contributed by atoms with Crippen molar-refractivity contribution in [3.63, 3.8) is 0 Å². The maximum atomic E-state index is 10.7. The van der Waals surface area contributed by atoms with Gasteiger partial charge in [0.05, 0.1) is 7.11 Å². The molecule has 0 spiro atoms. The maximum absolute atomic E-state index is 10.7. The first-order valence-electron chi connectivity index (χ1n) is 4.56. The average Bonchev–Trinajstić information content (AvgIpc) is 2.26. The lowest BCUT2D eigenvalue weighted by Crippen LogP contribution is -2.34. The van der Waals surface area contributed by atoms with Gasteiger partial charge in [-0.15, -0.1) is 0 Å². The van der Waals surface area contributed by atoms with Crippen LogP contribution in [0.2, 0.25) is 0 Å². The Morgan fingerprint density at radius 2 is 2.06 bits per heavy atom. The number of rotatable bonds is 4. The summed E-state index contributed by atoms with van der Waals surface area (Å²) in [7, 11) is 1.40. The average molecular weight is 226 g/mol. The van der Waals surface area contributed by atoms with Crippen LogP contribution in [0.3, 0.4) is 0 Å². The number of carbonyl (C=O) groups is 1. The fourth-order valence-electron chi connectivity index (χ4n) is 1.31. The van der Waals surface area contributed by atoms with E-state index in [9.17, 15) is 15.0 Å². The monoisotopic (exact) mass is 226 g/mol. The van der Waals surface area contributed by atoms with Crippen molar-refractivity contribution in [3.05, 3.63) is 23.8 Å². The van der Waals surface area contributed by atoms with Gasteiger partial charge in [0.2, 0.25) is 5.91 Å². The summed E-state index contributed by atoms with van der Waals surface area (Å²) in [5.41, 5.74) is 11.0. The number of hydrogen-bond donors (Lipinski definition) is 4. The van der Waals surface area contributed by atoms with E-state index in [1.54, 1.807) is 6.07 Å². The Balaban J connectivity index is 3.10. The highest BCUT2D eigenvalue weighted by Gasteiger charge is 2.26. The number of primary amides is 1. The van der Waals surface area contributed by atoms with Crippen LogP contribution in [0.25, 0.3) is 0 Å². The number of ether oxygens (including phenoxy) is 1. The van der Waals surface area contributed by atoms with Crippen LogP contribution in [-0.2, 0) is 4.79 Å². The Morgan fingerprint density at radius 1 is 1.44 bits per heavy atom. The van der Waals surface area contributed by atoms with Crippen molar-refractivity contribution in [2.75, 3.05) is 12.8 Å². The van der Waals surface area contributed by atoms with Crippen molar-refractivity contribution in [2.24, 2.45) is 5.73 Å². The maximum Gasteiger partial charge on any atom is 0.249 e. The first-order chi connectivity index (χ1) is 7.47. The van der Waals surface area contributed by atoms with Gasteiger partial charge in [-0.25, -0.2) is 0 Å². The van der Waals surface area contributed by atoms with E-state index in [2.05, 4.69) is 0 Å². The predicted octanol–water partition coefficient (Wildman–Crippen LogP) is -0.843. The zero-order chi connectivity index (χ0) is 12.3. The van der Waals surface area contributed by atoms with Crippen molar-refractivity contribution in [3.8, 4) is 5.75 Å². The lowest BCUT2D eigenvalue weighted by Gasteiger charge is -2.18. The molecular formula is C10H14N2O4. The molecule has 0 radical (unpaired) electrons. The molecule has 0 heterocycles. The number of hydrogen-bond acceptors (Lipinski definition) is 5. The predicted molar refractivity (Wildman–Crippen MR) is 57.6 cm³/mol. The van der Waals surface area contributed by atoms with Crippen molar-refractivity contribution in [1.82, 2.24) is 0 Å². The number of anilines is 1. The smallest absolute Gasteiger partial charge is 0.249 e. The second-order valence-corrected chi connectivity index (χ2v) is 3.29. The zero-order valence-corrected chi connectivity index (χ0v) is 8.75. The number of aliphatic hydroxyl groups excluding tert-OH is 2. The number of amides is 1. The van der Waals surface area contributed by atoms with Crippen LogP contribution in [0.15, 0.2) is 18.2 Å². The molecule has 0 saturated heterocycles. The van der Waals surface area contributed by atoms with E-state index in [0.717, 1.165) is 0 Å². The number of aliphatic hydroxyl groups is 2. The van der Waals surface area contributed by atoms with Gasteiger partial charge in [-0.1, -0.05) is 0 Å². The van der Waals surface area contributed by atoms with Gasteiger partial charge < -0.3 is 26.4 Å². The number of nitrogen functional groups attached to an aromatic ring is 1. The molecule has 0 fully saturated rings. The molecule has 6 N–H and O–H groups in total. The Morgan fingerprint density at radius 3 is 2.56 bits per heavy atom. The molecule has 6 heteroatoms. The third-order valence-corrected chi connectivity index (χ3v) is 2.16. The van der Waals surface area contributed by atoms with Crippen LogP contribution in [0.5, 0.6) is 5.75 Å². The summed E-state index contributed by atoms with van der Waals surface area (Å²) < 4.78 is 4.97. The van der Waals surface area contributed by atoms with E-state index in [1.165, 1.54) is 19.2 Å². The highest BCUT2D eigenvalue weighted by molar-refractivity contribution is 5.79. The molecule has 2 atom stereocenters. The molecule has 88 valence electrons. The summed E-state index contributed by atoms with van der Waals surface area (Å²) in [5.74, 6) is -0.695. The molecule has 1 aromatic rings. The van der Waals surface area contributed by atoms with E-state index in [0.29, 0.717) is 11.4 Å². The third-order valence-electron chi connectivity index (χ3n) is 2.16. The summed E-state index contributed by atoms with van der Waals surface area (Å²) in [6, 6.07) is 4.52. The van der Waals surface area contributed by atoms with E-state index in [1.807, 2.05) is 0 Å². The summed E-state index contributed by atoms with van der Waals surface area (Å²) in [6.07, 6.45) is -3.16. The molecule has 0 bridgehead atoms. The van der Waals surface area contributed by atoms with Crippen molar-refractivity contribution in [2.45, 2.75) is 12.2 Å². The van der Waals surface area contributed by atoms with Gasteiger partial charge in [0.15, 0.2) is 6.10 Å². The lowest BCUT2D eigenvalue weighted by molar-refractivity contribution is -0.132. The Bertz CT molecular complexity index is 394. The SMILES string of the molecule is COc1ccc(N)cc1C(O)C(O)C(N)=O. The minimum absolute atomic E-state index is 0.216. The molecular weight excluding hydrogens is 212 g/mol. The Kier molecular flexibility index (Phi) is 3.70. The van der Waals surface area contributed by atoms with Gasteiger partial charge in [0, 0.05) is 11.3 Å². The van der Waals surface area contributed by atoms with Gasteiger partial charge in [-0.3, -0.25) is 4.79 Å². The van der Waals surface area contributed by atoms with E-state index < -0.39 is 18.1 Å². The van der Waals surface area contributed by atoms with Crippen molar-refractivity contribution >= 4 is 11.6 Å². The van der Waals surface area contributed by atoms with Crippen LogP contribution in [-0.4, -0.2) is 29.3 Å². The highest BCUT2D eigenvalue weighted by Crippen LogP contribution is 2.29. The summed E-state index contributed by atoms with van der Waals surface area (Å²) in [4.78, 5) is 10.7. The molecule has 0 aromatic heterocycles. The second kappa shape index (κ2) is 4.82. The van der Waals surface area contributed by atoms with E-state index in [4.69, 9.17) is 16.2 Å². The molecule has 16 heavy (non-hydrogen) atoms. The number of methoxy groups -OCH3 is 1. The molecule has 0 aliphatic rings. The van der Waals surface area contributed by atoms with E-state index in [-0.39, 0.29) is 5.56 Å². The van der Waals surface area contributed by atoms with Gasteiger partial charge in [0.1, 0.15) is 11.9 Å². The van der Waals surface area contributed by atoms with Gasteiger partial charge in [-0.05, 0) is 18.2 Å². The number of carbonyl (C=O) groups excluding carboxylic acids is 1. The highest BCUT2D eigenvalue weighted by atomic mass is 16.5. The molecule has 1 rings (SSSR count). The summed E-state index contributed by atoms with van der Waals surface area (Å²) in [5, 5.41) is 19.0. The molecule has 6 nitrogen and oxygen atoms in total. The van der Waals surface area contributed by atoms with Gasteiger partial charge >= 0.3 is 0 Å². The Hall–Kier alpha value is -1.79. The normalized spacial score (nSPS) is 14.2. The van der Waals surface area contributed by atoms with Crippen molar-refractivity contribution < 1.29 is 19.7 Å². The Labute approximate surface area is 92.4 Å². The van der Waals surface area contributed by atoms with Crippen LogP contribution in [0.4, 0.5) is 5.69 Å². The lowest BCUT2D eigenvalue weighted by atomic mass is 10.0. The topological polar surface area (TPSA) is 119 Å². The number of benzene rings is 1. The molecule has 1 amide bonds. The van der Waals surface area contributed by atoms with Crippen LogP contribution >= 0.6 is 0 Å². The minimum atomic E-state index is -1.70. The fraction of sp³-hybridized carbons (Fsp3) is 0.300. The van der Waals surface area contributed by atoms with E-state index >= 15 is 0 Å². The van der Waals surface area contributed by atoms with Gasteiger partial charge in [0.25, 0.3) is 0 Å². The van der Waals surface area contributed by atoms with Crippen LogP contribution in [0, 0.1) is 0 Å². The molecule has 0 aliphatic carbocycles. The fourth-order valence-corrected chi connectivity index (χ4v) is 1.31. The van der Waals surface area contributed by atoms with Crippen molar-refractivity contribution in [1.29, 1.82) is 0 Å². The third kappa shape index (κ3) is 2.41. The standard InChI is InChI=1S/C10H14N2O4/c1-16-7-3-2-5(11)4-6(7)8(13)9(14)10(12)15/h2-4,8-9,13-14H,11H2,1H3,(H2,12,15). The zero-order valence-electron chi connectivity index (χ0n) is 8.75. The molecule has 2 unspecified atom stereocenters. The first kappa shape index (κ1) is 12.3. The van der Waals surface area contributed by atoms with Crippen LogP contribution < -0.4 is 16.2 Å².